The van der Waals surface area contributed by atoms with Crippen molar-refractivity contribution in [1.29, 1.82) is 0 Å². The highest BCUT2D eigenvalue weighted by Gasteiger charge is 2.46. The molecule has 1 aromatic rings. The van der Waals surface area contributed by atoms with Crippen LogP contribution in [0.1, 0.15) is 29.4 Å². The molecule has 5 unspecified atom stereocenters. The van der Waals surface area contributed by atoms with Crippen LogP contribution in [0.4, 0.5) is 19.1 Å². The largest absolute Gasteiger partial charge is 0.400 e. The molecular weight excluding hydrogens is 417 g/mol. The molecule has 4 rings (SSSR count). The van der Waals surface area contributed by atoms with Gasteiger partial charge in [0.15, 0.2) is 5.82 Å². The average Bonchev–Trinajstić information content (AvgIpc) is 3.31. The smallest absolute Gasteiger partial charge is 0.375 e. The fourth-order valence-corrected chi connectivity index (χ4v) is 4.79. The Balaban J connectivity index is 1.40. The molecule has 0 radical (unpaired) electrons. The first-order valence-corrected chi connectivity index (χ1v) is 10.4. The van der Waals surface area contributed by atoms with Gasteiger partial charge in [-0.25, -0.2) is 0 Å². The topological polar surface area (TPSA) is 69.0 Å². The van der Waals surface area contributed by atoms with Crippen LogP contribution in [0.25, 0.3) is 0 Å². The Bertz CT molecular complexity index is 813. The number of anilines is 1. The molecule has 6 nitrogen and oxygen atoms in total. The third-order valence-electron chi connectivity index (χ3n) is 4.89. The van der Waals surface area contributed by atoms with E-state index in [-0.39, 0.29) is 30.6 Å². The maximum atomic E-state index is 12.8. The SMILES string of the molecule is O=C1C(Cl)C(COC2CSC(C(F)(F)F)C2)Nc2nc(C3C=CC=CC3)nn21. The van der Waals surface area contributed by atoms with Gasteiger partial charge in [0.2, 0.25) is 5.95 Å². The van der Waals surface area contributed by atoms with Gasteiger partial charge in [-0.15, -0.1) is 28.5 Å². The van der Waals surface area contributed by atoms with Crippen molar-refractivity contribution in [1.82, 2.24) is 14.8 Å². The number of fused-ring (bicyclic) bond motifs is 1. The van der Waals surface area contributed by atoms with Crippen LogP contribution in [0, 0.1) is 0 Å². The Morgan fingerprint density at radius 2 is 2.21 bits per heavy atom. The molecule has 1 fully saturated rings. The van der Waals surface area contributed by atoms with Gasteiger partial charge in [0.1, 0.15) is 10.6 Å². The number of carbonyl (C=O) groups is 1. The lowest BCUT2D eigenvalue weighted by Crippen LogP contribution is -2.47. The van der Waals surface area contributed by atoms with E-state index in [9.17, 15) is 18.0 Å². The minimum Gasteiger partial charge on any atom is -0.375 e. The number of nitrogens with one attached hydrogen (secondary N) is 1. The molecule has 0 aromatic carbocycles. The van der Waals surface area contributed by atoms with Gasteiger partial charge >= 0.3 is 6.18 Å². The van der Waals surface area contributed by atoms with E-state index in [1.165, 1.54) is 0 Å². The number of hydrogen-bond donors (Lipinski definition) is 1. The summed E-state index contributed by atoms with van der Waals surface area (Å²) < 4.78 is 45.1. The van der Waals surface area contributed by atoms with Gasteiger partial charge in [0.25, 0.3) is 5.91 Å². The van der Waals surface area contributed by atoms with Gasteiger partial charge in [0.05, 0.1) is 18.8 Å². The van der Waals surface area contributed by atoms with Gasteiger partial charge in [-0.2, -0.15) is 22.8 Å². The number of alkyl halides is 4. The van der Waals surface area contributed by atoms with Crippen molar-refractivity contribution in [2.45, 2.75) is 47.7 Å². The fraction of sp³-hybridized carbons (Fsp3) is 0.588. The highest BCUT2D eigenvalue weighted by atomic mass is 35.5. The van der Waals surface area contributed by atoms with Crippen LogP contribution in [0.2, 0.25) is 0 Å². The molecule has 0 saturated carbocycles. The zero-order valence-electron chi connectivity index (χ0n) is 14.6. The Morgan fingerprint density at radius 3 is 2.89 bits per heavy atom. The standard InChI is InChI=1S/C17H18ClF3N4O2S/c18-13-11(7-27-10-6-12(28-8-10)17(19,20)21)22-16-23-14(24-25(16)15(13)26)9-4-2-1-3-5-9/h1-4,9-13H,5-8H2,(H,22,23,24). The number of aromatic nitrogens is 3. The molecule has 3 aliphatic rings. The lowest BCUT2D eigenvalue weighted by atomic mass is 10.0. The van der Waals surface area contributed by atoms with Crippen molar-refractivity contribution in [2.24, 2.45) is 0 Å². The summed E-state index contributed by atoms with van der Waals surface area (Å²) >= 11 is 7.10. The molecule has 152 valence electrons. The van der Waals surface area contributed by atoms with Crippen molar-refractivity contribution in [3.8, 4) is 0 Å². The van der Waals surface area contributed by atoms with Crippen molar-refractivity contribution in [2.75, 3.05) is 17.7 Å². The first-order chi connectivity index (χ1) is 13.3. The van der Waals surface area contributed by atoms with Gasteiger partial charge in [-0.05, 0) is 12.8 Å². The molecule has 1 aromatic heterocycles. The molecule has 2 aliphatic heterocycles. The molecule has 3 heterocycles. The Kier molecular flexibility index (Phi) is 5.45. The second-order valence-corrected chi connectivity index (χ2v) is 8.61. The molecule has 1 saturated heterocycles. The molecule has 1 aliphatic carbocycles. The maximum absolute atomic E-state index is 12.8. The van der Waals surface area contributed by atoms with E-state index < -0.39 is 34.9 Å². The number of nitrogens with zero attached hydrogens (tertiary/aromatic N) is 3. The summed E-state index contributed by atoms with van der Waals surface area (Å²) in [5, 5.41) is 4.96. The number of thioether (sulfide) groups is 1. The summed E-state index contributed by atoms with van der Waals surface area (Å²) in [6, 6.07) is -0.588. The number of ether oxygens (including phenoxy) is 1. The highest BCUT2D eigenvalue weighted by molar-refractivity contribution is 8.00. The first-order valence-electron chi connectivity index (χ1n) is 8.88. The van der Waals surface area contributed by atoms with E-state index in [4.69, 9.17) is 16.3 Å². The van der Waals surface area contributed by atoms with E-state index >= 15 is 0 Å². The molecule has 0 spiro atoms. The van der Waals surface area contributed by atoms with Crippen molar-refractivity contribution in [3.63, 3.8) is 0 Å². The Hall–Kier alpha value is -1.52. The molecule has 0 bridgehead atoms. The van der Waals surface area contributed by atoms with Crippen LogP contribution in [-0.4, -0.2) is 62.0 Å². The van der Waals surface area contributed by atoms with Gasteiger partial charge in [-0.1, -0.05) is 24.3 Å². The van der Waals surface area contributed by atoms with Crippen molar-refractivity contribution < 1.29 is 22.7 Å². The molecule has 11 heteroatoms. The highest BCUT2D eigenvalue weighted by Crippen LogP contribution is 2.40. The van der Waals surface area contributed by atoms with Crippen molar-refractivity contribution in [3.05, 3.63) is 30.1 Å². The number of carbonyl (C=O) groups excluding carboxylic acids is 1. The predicted octanol–water partition coefficient (Wildman–Crippen LogP) is 3.37. The second-order valence-electron chi connectivity index (χ2n) is 6.91. The maximum Gasteiger partial charge on any atom is 0.400 e. The van der Waals surface area contributed by atoms with Crippen LogP contribution in [0.15, 0.2) is 24.3 Å². The van der Waals surface area contributed by atoms with E-state index in [0.717, 1.165) is 22.9 Å². The predicted molar refractivity (Wildman–Crippen MR) is 100.0 cm³/mol. The zero-order valence-corrected chi connectivity index (χ0v) is 16.2. The summed E-state index contributed by atoms with van der Waals surface area (Å²) in [4.78, 5) is 17.0. The summed E-state index contributed by atoms with van der Waals surface area (Å²) in [5.74, 6) is 0.618. The number of rotatable bonds is 4. The van der Waals surface area contributed by atoms with E-state index in [1.54, 1.807) is 0 Å². The van der Waals surface area contributed by atoms with Gasteiger partial charge < -0.3 is 10.1 Å². The number of allylic oxidation sites excluding steroid dienone is 4. The average molecular weight is 435 g/mol. The summed E-state index contributed by atoms with van der Waals surface area (Å²) in [5.41, 5.74) is 0. The second kappa shape index (κ2) is 7.72. The molecule has 5 atom stereocenters. The Morgan fingerprint density at radius 1 is 1.39 bits per heavy atom. The fourth-order valence-electron chi connectivity index (χ4n) is 3.34. The zero-order chi connectivity index (χ0) is 19.9. The van der Waals surface area contributed by atoms with E-state index in [2.05, 4.69) is 15.4 Å². The monoisotopic (exact) mass is 434 g/mol. The lowest BCUT2D eigenvalue weighted by Gasteiger charge is -2.28. The van der Waals surface area contributed by atoms with Crippen LogP contribution < -0.4 is 5.32 Å². The Labute approximate surface area is 168 Å². The van der Waals surface area contributed by atoms with Crippen LogP contribution in [0.3, 0.4) is 0 Å². The third kappa shape index (κ3) is 3.95. The summed E-state index contributed by atoms with van der Waals surface area (Å²) in [6.07, 6.45) is 3.68. The first kappa shape index (κ1) is 19.8. The van der Waals surface area contributed by atoms with Gasteiger partial charge in [0, 0.05) is 11.7 Å². The minimum atomic E-state index is -4.23. The third-order valence-corrected chi connectivity index (χ3v) is 6.80. The van der Waals surface area contributed by atoms with Crippen LogP contribution in [-0.2, 0) is 4.74 Å². The van der Waals surface area contributed by atoms with E-state index in [1.807, 2.05) is 24.3 Å². The normalized spacial score (nSPS) is 32.4. The van der Waals surface area contributed by atoms with Crippen LogP contribution in [0.5, 0.6) is 0 Å². The summed E-state index contributed by atoms with van der Waals surface area (Å²) in [7, 11) is 0. The van der Waals surface area contributed by atoms with E-state index in [0.29, 0.717) is 5.82 Å². The summed E-state index contributed by atoms with van der Waals surface area (Å²) in [6.45, 7) is 0.0178. The number of hydrogen-bond acceptors (Lipinski definition) is 6. The molecular formula is C17H18ClF3N4O2S. The van der Waals surface area contributed by atoms with Crippen molar-refractivity contribution >= 4 is 35.2 Å². The van der Waals surface area contributed by atoms with Crippen LogP contribution >= 0.6 is 23.4 Å². The quantitative estimate of drug-likeness (QED) is 0.733. The molecule has 28 heavy (non-hydrogen) atoms. The van der Waals surface area contributed by atoms with Gasteiger partial charge in [-0.3, -0.25) is 4.79 Å². The number of halogens is 4. The molecule has 1 N–H and O–H groups in total. The minimum absolute atomic E-state index is 0.0176. The lowest BCUT2D eigenvalue weighted by molar-refractivity contribution is -0.132. The molecule has 0 amide bonds.